The van der Waals surface area contributed by atoms with Gasteiger partial charge in [-0.05, 0) is 48.0 Å². The first-order valence-corrected chi connectivity index (χ1v) is 12.6. The standard InChI is InChI=1S/C28H21BrN4O8/c1-39-27-14-19(7-10-26(27)40-17-18-5-3-2-4-6-18)28(34)31-30-16-20-13-21(29)8-11-24(20)41-25-12-9-22(32(35)36)15-23(25)33(37)38/h2-16H,17H2,1H3,(H,31,34)/b30-16+. The third-order valence-electron chi connectivity index (χ3n) is 5.57. The summed E-state index contributed by atoms with van der Waals surface area (Å²) in [6.07, 6.45) is 1.30. The monoisotopic (exact) mass is 620 g/mol. The topological polar surface area (TPSA) is 155 Å². The highest BCUT2D eigenvalue weighted by Crippen LogP contribution is 2.36. The van der Waals surface area contributed by atoms with Crippen LogP contribution in [0, 0.1) is 20.2 Å². The van der Waals surface area contributed by atoms with E-state index in [1.54, 1.807) is 24.3 Å². The number of nitrogens with one attached hydrogen (secondary N) is 1. The molecule has 0 unspecified atom stereocenters. The zero-order valence-corrected chi connectivity index (χ0v) is 22.9. The van der Waals surface area contributed by atoms with Crippen molar-refractivity contribution >= 4 is 39.4 Å². The number of carbonyl (C=O) groups is 1. The normalized spacial score (nSPS) is 10.7. The molecular weight excluding hydrogens is 600 g/mol. The van der Waals surface area contributed by atoms with E-state index in [1.807, 2.05) is 30.3 Å². The van der Waals surface area contributed by atoms with Gasteiger partial charge in [-0.3, -0.25) is 25.0 Å². The predicted molar refractivity (Wildman–Crippen MR) is 153 cm³/mol. The molecule has 1 N–H and O–H groups in total. The van der Waals surface area contributed by atoms with Gasteiger partial charge in [0.25, 0.3) is 11.6 Å². The summed E-state index contributed by atoms with van der Waals surface area (Å²) in [5.41, 5.74) is 2.98. The zero-order valence-electron chi connectivity index (χ0n) is 21.4. The van der Waals surface area contributed by atoms with Crippen LogP contribution >= 0.6 is 15.9 Å². The van der Waals surface area contributed by atoms with Gasteiger partial charge in [0.1, 0.15) is 12.4 Å². The molecule has 0 spiro atoms. The predicted octanol–water partition coefficient (Wildman–Crippen LogP) is 6.41. The molecule has 1 amide bonds. The van der Waals surface area contributed by atoms with Gasteiger partial charge in [0, 0.05) is 21.7 Å². The van der Waals surface area contributed by atoms with Gasteiger partial charge in [0.05, 0.1) is 29.2 Å². The highest BCUT2D eigenvalue weighted by Gasteiger charge is 2.22. The van der Waals surface area contributed by atoms with E-state index in [4.69, 9.17) is 14.2 Å². The third-order valence-corrected chi connectivity index (χ3v) is 6.07. The average molecular weight is 621 g/mol. The number of halogens is 1. The van der Waals surface area contributed by atoms with Gasteiger partial charge >= 0.3 is 5.69 Å². The molecule has 0 aromatic heterocycles. The molecule has 0 heterocycles. The summed E-state index contributed by atoms with van der Waals surface area (Å²) in [6, 6.07) is 22.1. The molecule has 41 heavy (non-hydrogen) atoms. The number of carbonyl (C=O) groups excluding carboxylic acids is 1. The van der Waals surface area contributed by atoms with Crippen LogP contribution in [0.2, 0.25) is 0 Å². The van der Waals surface area contributed by atoms with Crippen molar-refractivity contribution in [3.05, 3.63) is 126 Å². The van der Waals surface area contributed by atoms with Gasteiger partial charge in [0.15, 0.2) is 11.5 Å². The van der Waals surface area contributed by atoms with E-state index in [-0.39, 0.29) is 17.1 Å². The molecule has 4 aromatic carbocycles. The van der Waals surface area contributed by atoms with Crippen LogP contribution in [0.15, 0.2) is 94.5 Å². The molecule has 4 rings (SSSR count). The second-order valence-electron chi connectivity index (χ2n) is 8.29. The first-order chi connectivity index (χ1) is 19.7. The van der Waals surface area contributed by atoms with Crippen LogP contribution in [0.5, 0.6) is 23.0 Å². The SMILES string of the molecule is COc1cc(C(=O)N/N=C/c2cc(Br)ccc2Oc2ccc([N+](=O)[O-])cc2[N+](=O)[O-])ccc1OCc1ccccc1. The van der Waals surface area contributed by atoms with Crippen molar-refractivity contribution in [1.29, 1.82) is 0 Å². The molecule has 0 radical (unpaired) electrons. The van der Waals surface area contributed by atoms with Crippen molar-refractivity contribution < 1.29 is 28.9 Å². The summed E-state index contributed by atoms with van der Waals surface area (Å²) >= 11 is 3.34. The van der Waals surface area contributed by atoms with Crippen LogP contribution in [0.3, 0.4) is 0 Å². The Kier molecular flexibility index (Phi) is 9.22. The summed E-state index contributed by atoms with van der Waals surface area (Å²) in [6.45, 7) is 0.326. The highest BCUT2D eigenvalue weighted by atomic mass is 79.9. The van der Waals surface area contributed by atoms with Crippen molar-refractivity contribution in [2.45, 2.75) is 6.61 Å². The summed E-state index contributed by atoms with van der Waals surface area (Å²) in [7, 11) is 1.47. The fourth-order valence-corrected chi connectivity index (χ4v) is 3.95. The molecule has 4 aromatic rings. The lowest BCUT2D eigenvalue weighted by Gasteiger charge is -2.12. The number of hydrogen-bond donors (Lipinski definition) is 1. The first-order valence-electron chi connectivity index (χ1n) is 11.8. The minimum atomic E-state index is -0.776. The molecule has 12 nitrogen and oxygen atoms in total. The molecule has 0 fully saturated rings. The smallest absolute Gasteiger partial charge is 0.318 e. The molecular formula is C28H21BrN4O8. The van der Waals surface area contributed by atoms with Gasteiger partial charge in [0.2, 0.25) is 5.75 Å². The lowest BCUT2D eigenvalue weighted by Crippen LogP contribution is -2.17. The number of ether oxygens (including phenoxy) is 3. The lowest BCUT2D eigenvalue weighted by molar-refractivity contribution is -0.394. The van der Waals surface area contributed by atoms with Crippen LogP contribution in [-0.2, 0) is 6.61 Å². The molecule has 0 bridgehead atoms. The van der Waals surface area contributed by atoms with E-state index in [0.717, 1.165) is 23.8 Å². The molecule has 0 saturated heterocycles. The van der Waals surface area contributed by atoms with Crippen molar-refractivity contribution in [3.8, 4) is 23.0 Å². The average Bonchev–Trinajstić information content (AvgIpc) is 2.97. The van der Waals surface area contributed by atoms with Gasteiger partial charge < -0.3 is 14.2 Å². The molecule has 0 aliphatic heterocycles. The first kappa shape index (κ1) is 28.7. The second kappa shape index (κ2) is 13.2. The van der Waals surface area contributed by atoms with Gasteiger partial charge in [-0.1, -0.05) is 46.3 Å². The largest absolute Gasteiger partial charge is 0.493 e. The number of benzene rings is 4. The zero-order chi connectivity index (χ0) is 29.4. The molecule has 0 atom stereocenters. The number of nitro benzene ring substituents is 2. The molecule has 13 heteroatoms. The lowest BCUT2D eigenvalue weighted by atomic mass is 10.2. The number of non-ortho nitro benzene ring substituents is 1. The van der Waals surface area contributed by atoms with Crippen LogP contribution < -0.4 is 19.6 Å². The van der Waals surface area contributed by atoms with Gasteiger partial charge in [-0.25, -0.2) is 5.43 Å². The van der Waals surface area contributed by atoms with E-state index in [2.05, 4.69) is 26.5 Å². The second-order valence-corrected chi connectivity index (χ2v) is 9.21. The van der Waals surface area contributed by atoms with Crippen molar-refractivity contribution in [2.24, 2.45) is 5.10 Å². The van der Waals surface area contributed by atoms with Crippen LogP contribution in [0.1, 0.15) is 21.5 Å². The number of nitrogens with zero attached hydrogens (tertiary/aromatic N) is 3. The van der Waals surface area contributed by atoms with E-state index < -0.39 is 27.1 Å². The van der Waals surface area contributed by atoms with E-state index in [9.17, 15) is 25.0 Å². The number of hydrazone groups is 1. The summed E-state index contributed by atoms with van der Waals surface area (Å²) in [4.78, 5) is 33.7. The van der Waals surface area contributed by atoms with Crippen molar-refractivity contribution in [1.82, 2.24) is 5.43 Å². The van der Waals surface area contributed by atoms with Crippen molar-refractivity contribution in [2.75, 3.05) is 7.11 Å². The maximum Gasteiger partial charge on any atom is 0.318 e. The Bertz CT molecular complexity index is 1630. The van der Waals surface area contributed by atoms with E-state index >= 15 is 0 Å². The summed E-state index contributed by atoms with van der Waals surface area (Å²) < 4.78 is 17.6. The Balaban J connectivity index is 1.48. The Morgan fingerprint density at radius 2 is 1.63 bits per heavy atom. The summed E-state index contributed by atoms with van der Waals surface area (Å²) in [5, 5.41) is 26.5. The van der Waals surface area contributed by atoms with Crippen LogP contribution in [0.4, 0.5) is 11.4 Å². The Morgan fingerprint density at radius 1 is 0.902 bits per heavy atom. The van der Waals surface area contributed by atoms with Crippen LogP contribution in [0.25, 0.3) is 0 Å². The number of methoxy groups -OCH3 is 1. The molecule has 0 saturated carbocycles. The van der Waals surface area contributed by atoms with Gasteiger partial charge in [-0.2, -0.15) is 5.10 Å². The van der Waals surface area contributed by atoms with E-state index in [0.29, 0.717) is 28.1 Å². The fourth-order valence-electron chi connectivity index (χ4n) is 3.57. The maximum absolute atomic E-state index is 12.8. The quantitative estimate of drug-likeness (QED) is 0.114. The molecule has 0 aliphatic rings. The number of amides is 1. The minimum Gasteiger partial charge on any atom is -0.493 e. The number of nitro groups is 2. The Labute approximate surface area is 241 Å². The number of rotatable bonds is 11. The molecule has 208 valence electrons. The minimum absolute atomic E-state index is 0.157. The molecule has 0 aliphatic carbocycles. The third kappa shape index (κ3) is 7.42. The van der Waals surface area contributed by atoms with Crippen LogP contribution in [-0.4, -0.2) is 29.1 Å². The maximum atomic E-state index is 12.8. The Morgan fingerprint density at radius 3 is 2.34 bits per heavy atom. The number of hydrogen-bond acceptors (Lipinski definition) is 9. The summed E-state index contributed by atoms with van der Waals surface area (Å²) in [5.74, 6) is 0.253. The highest BCUT2D eigenvalue weighted by molar-refractivity contribution is 9.10. The van der Waals surface area contributed by atoms with E-state index in [1.165, 1.54) is 25.5 Å². The Hall–Kier alpha value is -5.30. The fraction of sp³-hybridized carbons (Fsp3) is 0.0714. The van der Waals surface area contributed by atoms with Crippen molar-refractivity contribution in [3.63, 3.8) is 0 Å². The van der Waals surface area contributed by atoms with Gasteiger partial charge in [-0.15, -0.1) is 0 Å².